The van der Waals surface area contributed by atoms with Gasteiger partial charge in [0.05, 0.1) is 9.52 Å². The van der Waals surface area contributed by atoms with E-state index in [4.69, 9.17) is 0 Å². The molecule has 1 aromatic rings. The van der Waals surface area contributed by atoms with Gasteiger partial charge in [-0.2, -0.15) is 0 Å². The third-order valence-corrected chi connectivity index (χ3v) is 10.2. The van der Waals surface area contributed by atoms with E-state index in [2.05, 4.69) is 65.0 Å². The predicted octanol–water partition coefficient (Wildman–Crippen LogP) is 9.85. The molecule has 0 atom stereocenters. The molecule has 0 unspecified atom stereocenters. The van der Waals surface area contributed by atoms with E-state index in [1.165, 1.54) is 121 Å². The predicted molar refractivity (Wildman–Crippen MR) is 163 cm³/mol. The van der Waals surface area contributed by atoms with Crippen molar-refractivity contribution in [1.29, 1.82) is 0 Å². The SMILES string of the molecule is CCCCCCCCCCCCCCCCCCc1c(C)cccc1[SiH2]C1=C(C(C)(C)C)C=CC1. The van der Waals surface area contributed by atoms with Crippen LogP contribution in [0.5, 0.6) is 0 Å². The highest BCUT2D eigenvalue weighted by molar-refractivity contribution is 6.62. The van der Waals surface area contributed by atoms with E-state index in [9.17, 15) is 0 Å². The quantitative estimate of drug-likeness (QED) is 0.132. The van der Waals surface area contributed by atoms with E-state index in [0.29, 0.717) is 0 Å². The highest BCUT2D eigenvalue weighted by Gasteiger charge is 2.22. The summed E-state index contributed by atoms with van der Waals surface area (Å²) < 4.78 is 0. The third-order valence-electron chi connectivity index (χ3n) is 8.03. The van der Waals surface area contributed by atoms with Crippen molar-refractivity contribution in [2.45, 2.75) is 150 Å². The van der Waals surface area contributed by atoms with E-state index < -0.39 is 0 Å². The normalized spacial score (nSPS) is 14.2. The second-order valence-corrected chi connectivity index (χ2v) is 14.3. The summed E-state index contributed by atoms with van der Waals surface area (Å²) in [5, 5.41) is 3.49. The van der Waals surface area contributed by atoms with Gasteiger partial charge in [0.15, 0.2) is 0 Å². The molecule has 0 bridgehead atoms. The summed E-state index contributed by atoms with van der Waals surface area (Å²) in [6.07, 6.45) is 30.4. The van der Waals surface area contributed by atoms with E-state index in [0.717, 1.165) is 0 Å². The Bertz CT molecular complexity index is 761. The van der Waals surface area contributed by atoms with Crippen LogP contribution in [0.3, 0.4) is 0 Å². The zero-order valence-electron chi connectivity index (χ0n) is 24.3. The fourth-order valence-electron chi connectivity index (χ4n) is 5.86. The molecule has 0 heterocycles. The van der Waals surface area contributed by atoms with Gasteiger partial charge in [0.25, 0.3) is 0 Å². The van der Waals surface area contributed by atoms with Gasteiger partial charge < -0.3 is 0 Å². The number of allylic oxidation sites excluding steroid dienone is 4. The summed E-state index contributed by atoms with van der Waals surface area (Å²) in [6, 6.07) is 7.09. The minimum atomic E-state index is -0.362. The molecule has 0 saturated heterocycles. The Hall–Kier alpha value is -1.08. The van der Waals surface area contributed by atoms with Crippen molar-refractivity contribution in [3.05, 3.63) is 52.2 Å². The second-order valence-electron chi connectivity index (χ2n) is 12.3. The van der Waals surface area contributed by atoms with Gasteiger partial charge in [0, 0.05) is 0 Å². The largest absolute Gasteiger partial charge is 0.0835 e. The molecule has 1 aromatic carbocycles. The van der Waals surface area contributed by atoms with Gasteiger partial charge in [-0.3, -0.25) is 0 Å². The van der Waals surface area contributed by atoms with E-state index in [1.54, 1.807) is 21.5 Å². The molecule has 198 valence electrons. The molecular formula is C34H58Si. The van der Waals surface area contributed by atoms with Gasteiger partial charge >= 0.3 is 0 Å². The monoisotopic (exact) mass is 494 g/mol. The van der Waals surface area contributed by atoms with Gasteiger partial charge in [0.1, 0.15) is 0 Å². The van der Waals surface area contributed by atoms with Crippen LogP contribution >= 0.6 is 0 Å². The van der Waals surface area contributed by atoms with Gasteiger partial charge in [0.2, 0.25) is 0 Å². The lowest BCUT2D eigenvalue weighted by Gasteiger charge is -2.22. The number of unbranched alkanes of at least 4 members (excludes halogenated alkanes) is 15. The lowest BCUT2D eigenvalue weighted by atomic mass is 9.87. The zero-order valence-corrected chi connectivity index (χ0v) is 25.7. The van der Waals surface area contributed by atoms with Crippen LogP contribution in [0.4, 0.5) is 0 Å². The Balaban J connectivity index is 1.57. The number of hydrogen-bond acceptors (Lipinski definition) is 0. The molecule has 0 fully saturated rings. The smallest absolute Gasteiger partial charge is 0.0806 e. The highest BCUT2D eigenvalue weighted by atomic mass is 28.2. The molecule has 1 aliphatic rings. The lowest BCUT2D eigenvalue weighted by molar-refractivity contribution is 0.516. The molecule has 35 heavy (non-hydrogen) atoms. The number of hydrogen-bond donors (Lipinski definition) is 0. The van der Waals surface area contributed by atoms with Gasteiger partial charge in [-0.15, -0.1) is 0 Å². The van der Waals surface area contributed by atoms with Crippen LogP contribution in [-0.4, -0.2) is 9.52 Å². The van der Waals surface area contributed by atoms with Crippen LogP contribution in [0.15, 0.2) is 41.1 Å². The van der Waals surface area contributed by atoms with E-state index in [1.807, 2.05) is 0 Å². The van der Waals surface area contributed by atoms with Gasteiger partial charge in [-0.05, 0) is 48.3 Å². The summed E-state index contributed by atoms with van der Waals surface area (Å²) in [5.74, 6) is 0. The van der Waals surface area contributed by atoms with Crippen molar-refractivity contribution < 1.29 is 0 Å². The van der Waals surface area contributed by atoms with Crippen molar-refractivity contribution in [2.75, 3.05) is 0 Å². The average Bonchev–Trinajstić information content (AvgIpc) is 3.29. The second kappa shape index (κ2) is 17.4. The van der Waals surface area contributed by atoms with E-state index >= 15 is 0 Å². The third kappa shape index (κ3) is 12.1. The first kappa shape index (κ1) is 30.1. The van der Waals surface area contributed by atoms with Crippen molar-refractivity contribution >= 4 is 14.7 Å². The number of benzene rings is 1. The molecular weight excluding hydrogens is 436 g/mol. The fraction of sp³-hybridized carbons (Fsp3) is 0.706. The minimum Gasteiger partial charge on any atom is -0.0806 e. The molecule has 0 aromatic heterocycles. The van der Waals surface area contributed by atoms with Crippen molar-refractivity contribution in [2.24, 2.45) is 5.41 Å². The van der Waals surface area contributed by atoms with Crippen LogP contribution in [0.1, 0.15) is 148 Å². The first-order chi connectivity index (χ1) is 16.9. The molecule has 1 aliphatic carbocycles. The van der Waals surface area contributed by atoms with Gasteiger partial charge in [-0.25, -0.2) is 0 Å². The maximum Gasteiger partial charge on any atom is 0.0835 e. The first-order valence-electron chi connectivity index (χ1n) is 15.4. The number of aryl methyl sites for hydroxylation is 1. The van der Waals surface area contributed by atoms with Gasteiger partial charge in [-0.1, -0.05) is 165 Å². The minimum absolute atomic E-state index is 0.285. The zero-order chi connectivity index (χ0) is 25.4. The standard InChI is InChI=1S/C34H58Si/c1-6-7-8-9-10-11-12-13-14-15-16-17-18-19-20-21-25-30-29(2)24-22-27-32(30)35-33-28-23-26-31(33)34(3,4)5/h22-24,26-27H,6-21,25,28,35H2,1-5H3. The maximum atomic E-state index is 2.45. The summed E-state index contributed by atoms with van der Waals surface area (Å²) in [6.45, 7) is 11.8. The molecule has 0 nitrogen and oxygen atoms in total. The Morgan fingerprint density at radius 2 is 1.23 bits per heavy atom. The molecule has 0 aliphatic heterocycles. The van der Waals surface area contributed by atoms with Crippen molar-refractivity contribution in [3.8, 4) is 0 Å². The Kier molecular flexibility index (Phi) is 15.0. The summed E-state index contributed by atoms with van der Waals surface area (Å²) in [5.41, 5.74) is 5.13. The maximum absolute atomic E-state index is 2.45. The Labute approximate surface area is 222 Å². The number of rotatable bonds is 19. The topological polar surface area (TPSA) is 0 Å². The summed E-state index contributed by atoms with van der Waals surface area (Å²) in [4.78, 5) is 0. The Morgan fingerprint density at radius 1 is 0.714 bits per heavy atom. The molecule has 0 radical (unpaired) electrons. The summed E-state index contributed by atoms with van der Waals surface area (Å²) >= 11 is 0. The van der Waals surface area contributed by atoms with Crippen LogP contribution in [0.2, 0.25) is 0 Å². The first-order valence-corrected chi connectivity index (χ1v) is 16.8. The Morgan fingerprint density at radius 3 is 1.74 bits per heavy atom. The fourth-order valence-corrected chi connectivity index (χ4v) is 8.39. The van der Waals surface area contributed by atoms with Crippen molar-refractivity contribution in [3.63, 3.8) is 0 Å². The molecule has 0 spiro atoms. The molecule has 0 amide bonds. The average molecular weight is 495 g/mol. The lowest BCUT2D eigenvalue weighted by Crippen LogP contribution is -2.24. The molecule has 0 N–H and O–H groups in total. The van der Waals surface area contributed by atoms with Crippen LogP contribution in [0, 0.1) is 12.3 Å². The molecule has 2 rings (SSSR count). The van der Waals surface area contributed by atoms with Crippen LogP contribution in [0.25, 0.3) is 0 Å². The van der Waals surface area contributed by atoms with Crippen LogP contribution in [-0.2, 0) is 6.42 Å². The van der Waals surface area contributed by atoms with Crippen LogP contribution < -0.4 is 5.19 Å². The summed E-state index contributed by atoms with van der Waals surface area (Å²) in [7, 11) is -0.362. The van der Waals surface area contributed by atoms with Crippen molar-refractivity contribution in [1.82, 2.24) is 0 Å². The molecule has 1 heteroatoms. The highest BCUT2D eigenvalue weighted by Crippen LogP contribution is 2.34. The molecule has 0 saturated carbocycles. The van der Waals surface area contributed by atoms with E-state index in [-0.39, 0.29) is 14.9 Å².